The average molecular weight is 356 g/mol. The number of aromatic nitrogens is 3. The highest BCUT2D eigenvalue weighted by Gasteiger charge is 2.39. The average Bonchev–Trinajstić information content (AvgIpc) is 3.33. The lowest BCUT2D eigenvalue weighted by atomic mass is 10.2. The van der Waals surface area contributed by atoms with E-state index < -0.39 is 16.1 Å². The van der Waals surface area contributed by atoms with Crippen LogP contribution in [0.2, 0.25) is 0 Å². The highest BCUT2D eigenvalue weighted by Crippen LogP contribution is 2.36. The Balaban J connectivity index is 1.66. The summed E-state index contributed by atoms with van der Waals surface area (Å²) in [6.45, 7) is 0.434. The Morgan fingerprint density at radius 2 is 1.84 bits per heavy atom. The molecule has 1 aliphatic heterocycles. The van der Waals surface area contributed by atoms with Crippen LogP contribution in [-0.4, -0.2) is 34.4 Å². The summed E-state index contributed by atoms with van der Waals surface area (Å²) < 4.78 is 33.0. The molecule has 1 aromatic carbocycles. The number of nitrogens with zero attached hydrogens (tertiary/aromatic N) is 4. The van der Waals surface area contributed by atoms with E-state index in [0.29, 0.717) is 30.4 Å². The minimum atomic E-state index is -3.60. The molecule has 3 aromatic rings. The van der Waals surface area contributed by atoms with Crippen LogP contribution in [0.25, 0.3) is 11.6 Å². The molecule has 8 heteroatoms. The zero-order valence-corrected chi connectivity index (χ0v) is 14.1. The number of sulfonamides is 1. The fourth-order valence-corrected chi connectivity index (χ4v) is 4.64. The lowest BCUT2D eigenvalue weighted by Crippen LogP contribution is -2.30. The van der Waals surface area contributed by atoms with Crippen molar-refractivity contribution >= 4 is 10.0 Å². The third-order valence-corrected chi connectivity index (χ3v) is 6.09. The van der Waals surface area contributed by atoms with Gasteiger partial charge in [-0.15, -0.1) is 10.2 Å². The van der Waals surface area contributed by atoms with Crippen molar-refractivity contribution in [1.29, 1.82) is 0 Å². The van der Waals surface area contributed by atoms with Crippen molar-refractivity contribution in [2.45, 2.75) is 23.8 Å². The van der Waals surface area contributed by atoms with Crippen LogP contribution in [0.3, 0.4) is 0 Å². The van der Waals surface area contributed by atoms with Gasteiger partial charge in [0.05, 0.1) is 4.90 Å². The zero-order chi connectivity index (χ0) is 17.3. The van der Waals surface area contributed by atoms with Crippen molar-refractivity contribution in [2.24, 2.45) is 0 Å². The first-order chi connectivity index (χ1) is 12.2. The minimum Gasteiger partial charge on any atom is -0.417 e. The molecule has 1 aliphatic rings. The van der Waals surface area contributed by atoms with Crippen molar-refractivity contribution in [3.63, 3.8) is 0 Å². The maximum atomic E-state index is 12.9. The molecule has 1 atom stereocenters. The molecule has 25 heavy (non-hydrogen) atoms. The van der Waals surface area contributed by atoms with E-state index in [-0.39, 0.29) is 4.90 Å². The maximum absolute atomic E-state index is 12.9. The molecule has 0 saturated carbocycles. The maximum Gasteiger partial charge on any atom is 0.266 e. The van der Waals surface area contributed by atoms with Gasteiger partial charge in [-0.1, -0.05) is 24.3 Å². The zero-order valence-electron chi connectivity index (χ0n) is 13.3. The smallest absolute Gasteiger partial charge is 0.266 e. The normalized spacial score (nSPS) is 18.5. The highest BCUT2D eigenvalue weighted by atomic mass is 32.2. The van der Waals surface area contributed by atoms with E-state index >= 15 is 0 Å². The molecule has 128 valence electrons. The SMILES string of the molecule is O=S(=O)(c1ccccc1)N1CCCC1c1nnc(-c2ccccn2)o1. The van der Waals surface area contributed by atoms with Gasteiger partial charge in [-0.3, -0.25) is 4.98 Å². The van der Waals surface area contributed by atoms with Gasteiger partial charge >= 0.3 is 0 Å². The quantitative estimate of drug-likeness (QED) is 0.714. The summed E-state index contributed by atoms with van der Waals surface area (Å²) in [6.07, 6.45) is 3.04. The summed E-state index contributed by atoms with van der Waals surface area (Å²) in [5, 5.41) is 8.09. The highest BCUT2D eigenvalue weighted by molar-refractivity contribution is 7.89. The Morgan fingerprint density at radius 3 is 2.60 bits per heavy atom. The van der Waals surface area contributed by atoms with Crippen molar-refractivity contribution in [3.8, 4) is 11.6 Å². The van der Waals surface area contributed by atoms with Crippen LogP contribution in [0.1, 0.15) is 24.8 Å². The molecular weight excluding hydrogens is 340 g/mol. The monoisotopic (exact) mass is 356 g/mol. The van der Waals surface area contributed by atoms with Crippen LogP contribution >= 0.6 is 0 Å². The van der Waals surface area contributed by atoms with E-state index in [4.69, 9.17) is 4.42 Å². The predicted molar refractivity (Wildman–Crippen MR) is 89.8 cm³/mol. The first-order valence-corrected chi connectivity index (χ1v) is 9.42. The van der Waals surface area contributed by atoms with E-state index in [2.05, 4.69) is 15.2 Å². The predicted octanol–water partition coefficient (Wildman–Crippen LogP) is 2.66. The molecular formula is C17H16N4O3S. The van der Waals surface area contributed by atoms with Crippen molar-refractivity contribution in [2.75, 3.05) is 6.54 Å². The fraction of sp³-hybridized carbons (Fsp3) is 0.235. The summed E-state index contributed by atoms with van der Waals surface area (Å²) >= 11 is 0. The van der Waals surface area contributed by atoms with Gasteiger partial charge in [0.2, 0.25) is 15.9 Å². The number of hydrogen-bond donors (Lipinski definition) is 0. The largest absolute Gasteiger partial charge is 0.417 e. The topological polar surface area (TPSA) is 89.2 Å². The second-order valence-corrected chi connectivity index (χ2v) is 7.64. The molecule has 0 radical (unpaired) electrons. The number of benzene rings is 1. The second kappa shape index (κ2) is 6.38. The van der Waals surface area contributed by atoms with Crippen LogP contribution in [0.15, 0.2) is 64.0 Å². The molecule has 4 rings (SSSR count). The van der Waals surface area contributed by atoms with E-state index in [1.807, 2.05) is 6.07 Å². The molecule has 0 amide bonds. The van der Waals surface area contributed by atoms with Gasteiger partial charge < -0.3 is 4.42 Å². The third-order valence-electron chi connectivity index (χ3n) is 4.16. The van der Waals surface area contributed by atoms with Gasteiger partial charge in [0.1, 0.15) is 11.7 Å². The molecule has 0 bridgehead atoms. The molecule has 0 aliphatic carbocycles. The van der Waals surface area contributed by atoms with Gasteiger partial charge in [-0.05, 0) is 37.1 Å². The standard InChI is InChI=1S/C17H16N4O3S/c22-25(23,13-7-2-1-3-8-13)21-12-6-10-15(21)17-20-19-16(24-17)14-9-4-5-11-18-14/h1-5,7-9,11,15H,6,10,12H2. The molecule has 1 saturated heterocycles. The van der Waals surface area contributed by atoms with Crippen molar-refractivity contribution < 1.29 is 12.8 Å². The summed E-state index contributed by atoms with van der Waals surface area (Å²) in [4.78, 5) is 4.45. The summed E-state index contributed by atoms with van der Waals surface area (Å²) in [7, 11) is -3.60. The molecule has 0 spiro atoms. The van der Waals surface area contributed by atoms with E-state index in [1.54, 1.807) is 48.7 Å². The van der Waals surface area contributed by atoms with E-state index in [0.717, 1.165) is 6.42 Å². The summed E-state index contributed by atoms with van der Waals surface area (Å²) in [5.74, 6) is 0.595. The minimum absolute atomic E-state index is 0.270. The molecule has 7 nitrogen and oxygen atoms in total. The van der Waals surface area contributed by atoms with Crippen molar-refractivity contribution in [3.05, 3.63) is 60.6 Å². The Labute approximate surface area is 145 Å². The Kier molecular flexibility index (Phi) is 4.06. The van der Waals surface area contributed by atoms with Gasteiger partial charge in [-0.25, -0.2) is 8.42 Å². The van der Waals surface area contributed by atoms with Crippen LogP contribution in [0, 0.1) is 0 Å². The van der Waals surface area contributed by atoms with Crippen LogP contribution in [0.4, 0.5) is 0 Å². The summed E-state index contributed by atoms with van der Waals surface area (Å²) in [5.41, 5.74) is 0.566. The Hall–Kier alpha value is -2.58. The second-order valence-electron chi connectivity index (χ2n) is 5.75. The van der Waals surface area contributed by atoms with Crippen LogP contribution in [-0.2, 0) is 10.0 Å². The van der Waals surface area contributed by atoms with Crippen molar-refractivity contribution in [1.82, 2.24) is 19.5 Å². The number of rotatable bonds is 4. The molecule has 1 unspecified atom stereocenters. The molecule has 2 aromatic heterocycles. The molecule has 1 fully saturated rings. The van der Waals surface area contributed by atoms with Crippen LogP contribution < -0.4 is 0 Å². The van der Waals surface area contributed by atoms with Gasteiger partial charge in [0, 0.05) is 12.7 Å². The Bertz CT molecular complexity index is 958. The lowest BCUT2D eigenvalue weighted by Gasteiger charge is -2.21. The summed E-state index contributed by atoms with van der Waals surface area (Å²) in [6, 6.07) is 13.3. The first kappa shape index (κ1) is 15.9. The molecule has 0 N–H and O–H groups in total. The van der Waals surface area contributed by atoms with Gasteiger partial charge in [0.15, 0.2) is 0 Å². The Morgan fingerprint density at radius 1 is 1.04 bits per heavy atom. The number of pyridine rings is 1. The van der Waals surface area contributed by atoms with E-state index in [9.17, 15) is 8.42 Å². The third kappa shape index (κ3) is 2.94. The van der Waals surface area contributed by atoms with E-state index in [1.165, 1.54) is 4.31 Å². The lowest BCUT2D eigenvalue weighted by molar-refractivity contribution is 0.332. The first-order valence-electron chi connectivity index (χ1n) is 7.98. The fourth-order valence-electron chi connectivity index (χ4n) is 2.96. The van der Waals surface area contributed by atoms with Gasteiger partial charge in [0.25, 0.3) is 5.89 Å². The number of hydrogen-bond acceptors (Lipinski definition) is 6. The van der Waals surface area contributed by atoms with Crippen LogP contribution in [0.5, 0.6) is 0 Å². The molecule has 3 heterocycles. The van der Waals surface area contributed by atoms with Gasteiger partial charge in [-0.2, -0.15) is 4.31 Å².